The molecule has 0 saturated carbocycles. The molecule has 0 saturated heterocycles. The number of benzene rings is 7. The smallest absolute Gasteiger partial charge is 0.744 e. The van der Waals surface area contributed by atoms with Gasteiger partial charge in [-0.05, 0) is 101 Å². The first-order valence-corrected chi connectivity index (χ1v) is 24.3. The Morgan fingerprint density at radius 3 is 1.83 bits per heavy atom. The number of aromatic carboxylic acids is 1. The quantitative estimate of drug-likeness (QED) is 0.0125. The van der Waals surface area contributed by atoms with Gasteiger partial charge in [0.15, 0.2) is 5.75 Å². The van der Waals surface area contributed by atoms with Gasteiger partial charge in [0, 0.05) is 28.0 Å². The molecule has 0 fully saturated rings. The fraction of sp³-hybridized carbons (Fsp3) is 0.0233. The summed E-state index contributed by atoms with van der Waals surface area (Å²) in [5, 5.41) is 94.2. The van der Waals surface area contributed by atoms with E-state index in [9.17, 15) is 61.7 Å². The van der Waals surface area contributed by atoms with Crippen molar-refractivity contribution < 1.29 is 175 Å². The number of aromatic hydroxyl groups is 3. The van der Waals surface area contributed by atoms with Gasteiger partial charge in [0.25, 0.3) is 0 Å². The number of phenolic OH excluding ortho intramolecular Hbond substituents is 2. The molecular weight excluding hydrogens is 1080 g/mol. The van der Waals surface area contributed by atoms with E-state index in [2.05, 4.69) is 64.8 Å². The SMILES string of the molecule is O=C([O-])c1cc(N=Nc2ccc(Cc3nc(Nc4ccccc4)nc(Nc4cc(S(=O)(=O)[O-])cc5cc(SOO[O-])c(N=Nc6cc(SOO[O-])cc7cc(S(=O)(=O)[O-])cc(O)c67)c(O)c45)n3)cc2)ccc1O.[Li+].[Li+].[Li+].[Li+].[Li+]. The average molecular weight is 1100 g/mol. The van der Waals surface area contributed by atoms with E-state index in [1.165, 1.54) is 18.2 Å². The number of fused-ring (bicyclic) bond motifs is 2. The maximum atomic E-state index is 12.6. The third-order valence-corrected chi connectivity index (χ3v) is 12.8. The van der Waals surface area contributed by atoms with E-state index in [-0.39, 0.29) is 179 Å². The first-order chi connectivity index (χ1) is 34.9. The minimum Gasteiger partial charge on any atom is -0.744 e. The second kappa shape index (κ2) is 29.5. The number of hydrogen-bond donors (Lipinski definition) is 5. The van der Waals surface area contributed by atoms with Crippen molar-refractivity contribution in [2.45, 2.75) is 26.0 Å². The van der Waals surface area contributed by atoms with Gasteiger partial charge in [-0.1, -0.05) is 30.3 Å². The van der Waals surface area contributed by atoms with Crippen LogP contribution in [0.4, 0.5) is 46.0 Å². The maximum Gasteiger partial charge on any atom is 1.00 e. The van der Waals surface area contributed by atoms with Crippen molar-refractivity contribution in [3.63, 3.8) is 0 Å². The number of nitrogens with zero attached hydrogens (tertiary/aromatic N) is 7. The molecule has 8 aromatic rings. The Labute approximate surface area is 509 Å². The summed E-state index contributed by atoms with van der Waals surface area (Å²) in [5.74, 6) is -3.84. The number of carboxylic acids is 1. The minimum absolute atomic E-state index is 0. The molecular formula is C43H26Li5N9O17S4. The molecule has 1 heterocycles. The van der Waals surface area contributed by atoms with Crippen molar-refractivity contribution >= 4 is 118 Å². The molecule has 0 aliphatic carbocycles. The second-order valence-electron chi connectivity index (χ2n) is 14.7. The fourth-order valence-corrected chi connectivity index (χ4v) is 8.86. The molecule has 0 bridgehead atoms. The summed E-state index contributed by atoms with van der Waals surface area (Å²) < 4.78 is 82.2. The molecule has 8 rings (SSSR count). The summed E-state index contributed by atoms with van der Waals surface area (Å²) in [6, 6.07) is 25.6. The van der Waals surface area contributed by atoms with E-state index in [0.29, 0.717) is 35.0 Å². The van der Waals surface area contributed by atoms with Crippen LogP contribution in [0.5, 0.6) is 17.2 Å². The molecule has 35 heteroatoms. The molecule has 374 valence electrons. The van der Waals surface area contributed by atoms with Crippen molar-refractivity contribution in [3.05, 3.63) is 132 Å². The van der Waals surface area contributed by atoms with Crippen molar-refractivity contribution in [2.24, 2.45) is 20.5 Å². The molecule has 5 N–H and O–H groups in total. The normalized spacial score (nSPS) is 11.3. The molecule has 26 nitrogen and oxygen atoms in total. The van der Waals surface area contributed by atoms with E-state index < -0.39 is 64.5 Å². The standard InChI is InChI=1S/C43H31N9O17S4.5Li/c53-33-11-10-26(17-30(33)41(56)57)50-49-25-8-6-21(7-9-25)12-36-46-42(44-24-4-2-1-3-5-24)48-43(47-36)45-31-19-28(72(60,61)62)15-23-16-35(71-69-67-59)39(40(55)38(23)31)52-51-32-18-27(70-68-66-58)13-22-14-29(73(63,64)65)20-34(54)37(22)32;;;;;/h1-11,13-20,53-55,58-59H,12H2,(H,56,57)(H,60,61,62)(H,63,64,65)(H2,44,45,46,47,48);;;;;/q;5*+1/p-5. The van der Waals surface area contributed by atoms with Crippen LogP contribution in [0.25, 0.3) is 21.5 Å². The van der Waals surface area contributed by atoms with E-state index in [1.807, 2.05) is 0 Å². The van der Waals surface area contributed by atoms with Crippen molar-refractivity contribution in [1.82, 2.24) is 15.0 Å². The molecule has 78 heavy (non-hydrogen) atoms. The van der Waals surface area contributed by atoms with Crippen LogP contribution >= 0.6 is 24.1 Å². The van der Waals surface area contributed by atoms with E-state index in [4.69, 9.17) is 0 Å². The predicted molar refractivity (Wildman–Crippen MR) is 246 cm³/mol. The number of anilines is 4. The first kappa shape index (κ1) is 67.3. The zero-order valence-corrected chi connectivity index (χ0v) is 44.3. The van der Waals surface area contributed by atoms with Gasteiger partial charge in [-0.2, -0.15) is 33.8 Å². The number of nitrogens with one attached hydrogen (secondary N) is 2. The van der Waals surface area contributed by atoms with E-state index in [1.54, 1.807) is 54.6 Å². The van der Waals surface area contributed by atoms with Crippen LogP contribution in [0, 0.1) is 0 Å². The van der Waals surface area contributed by atoms with Crippen molar-refractivity contribution in [2.75, 3.05) is 10.6 Å². The molecule has 7 aromatic carbocycles. The topological polar surface area (TPSA) is 410 Å². The predicted octanol–water partition coefficient (Wildman–Crippen LogP) is -9.14. The number of para-hydroxylation sites is 1. The monoisotopic (exact) mass is 1100 g/mol. The largest absolute Gasteiger partial charge is 1.00 e. The second-order valence-corrected chi connectivity index (χ2v) is 19.0. The van der Waals surface area contributed by atoms with Gasteiger partial charge in [0.2, 0.25) is 11.9 Å². The van der Waals surface area contributed by atoms with Gasteiger partial charge in [-0.25, -0.2) is 16.8 Å². The van der Waals surface area contributed by atoms with Gasteiger partial charge < -0.3 is 55.5 Å². The maximum absolute atomic E-state index is 12.6. The summed E-state index contributed by atoms with van der Waals surface area (Å²) in [7, 11) is -10.4. The molecule has 0 aliphatic rings. The molecule has 0 amide bonds. The molecule has 0 spiro atoms. The van der Waals surface area contributed by atoms with Crippen LogP contribution in [0.15, 0.2) is 155 Å². The number of hydrogen-bond acceptors (Lipinski definition) is 28. The summed E-state index contributed by atoms with van der Waals surface area (Å²) in [4.78, 5) is 22.9. The Morgan fingerprint density at radius 2 is 1.21 bits per heavy atom. The summed E-state index contributed by atoms with van der Waals surface area (Å²) in [6.07, 6.45) is 0.0346. The minimum atomic E-state index is -5.25. The molecule has 1 aromatic heterocycles. The Morgan fingerprint density at radius 1 is 0.615 bits per heavy atom. The van der Waals surface area contributed by atoms with Crippen LogP contribution < -0.4 is 121 Å². The number of carboxylic acid groups (broad SMARTS) is 1. The van der Waals surface area contributed by atoms with Crippen LogP contribution in [0.1, 0.15) is 21.7 Å². The van der Waals surface area contributed by atoms with Crippen LogP contribution in [-0.2, 0) is 45.4 Å². The van der Waals surface area contributed by atoms with E-state index in [0.717, 1.165) is 36.4 Å². The molecule has 0 radical (unpaired) electrons. The van der Waals surface area contributed by atoms with Gasteiger partial charge in [-0.3, -0.25) is 10.1 Å². The zero-order valence-electron chi connectivity index (χ0n) is 41.0. The Hall–Kier alpha value is -4.99. The van der Waals surface area contributed by atoms with Crippen LogP contribution in [0.3, 0.4) is 0 Å². The Balaban J connectivity index is 0.00000320. The fourth-order valence-electron chi connectivity index (χ4n) is 6.87. The van der Waals surface area contributed by atoms with Crippen molar-refractivity contribution in [1.29, 1.82) is 0 Å². The number of rotatable bonds is 19. The number of carbonyl (C=O) groups excluding carboxylic acids is 1. The van der Waals surface area contributed by atoms with E-state index >= 15 is 0 Å². The van der Waals surface area contributed by atoms with Gasteiger partial charge in [-0.15, -0.1) is 10.2 Å². The number of carbonyl (C=O) groups is 1. The van der Waals surface area contributed by atoms with Crippen LogP contribution in [0.2, 0.25) is 0 Å². The summed E-state index contributed by atoms with van der Waals surface area (Å²) in [5.41, 5.74) is 0.0728. The Kier molecular flexibility index (Phi) is 25.4. The average Bonchev–Trinajstić information content (AvgIpc) is 3.35. The number of aromatic nitrogens is 3. The van der Waals surface area contributed by atoms with Crippen LogP contribution in [-0.4, -0.2) is 62.2 Å². The van der Waals surface area contributed by atoms with Gasteiger partial charge in [0.1, 0.15) is 43.2 Å². The molecule has 0 unspecified atom stereocenters. The summed E-state index contributed by atoms with van der Waals surface area (Å²) >= 11 is 0.483. The summed E-state index contributed by atoms with van der Waals surface area (Å²) in [6.45, 7) is 0. The van der Waals surface area contributed by atoms with Gasteiger partial charge in [0.05, 0.1) is 72.9 Å². The zero-order chi connectivity index (χ0) is 52.0. The van der Waals surface area contributed by atoms with Gasteiger partial charge >= 0.3 is 94.3 Å². The molecule has 0 aliphatic heterocycles. The molecule has 0 atom stereocenters. The van der Waals surface area contributed by atoms with Crippen molar-refractivity contribution in [3.8, 4) is 17.2 Å². The Bertz CT molecular complexity index is 3760. The third kappa shape index (κ3) is 16.8. The number of azo groups is 2. The third-order valence-electron chi connectivity index (χ3n) is 9.96. The first-order valence-electron chi connectivity index (χ1n) is 20.0. The number of phenols is 3.